The molecule has 0 aromatic carbocycles. The van der Waals surface area contributed by atoms with E-state index in [2.05, 4.69) is 33.8 Å². The van der Waals surface area contributed by atoms with E-state index in [-0.39, 0.29) is 24.2 Å². The molecule has 6 aliphatic heterocycles. The largest absolute Gasteiger partial charge is 0.432 e. The summed E-state index contributed by atoms with van der Waals surface area (Å²) in [5.41, 5.74) is -4.02. The molecule has 0 aromatic rings. The number of esters is 1. The van der Waals surface area contributed by atoms with E-state index in [0.717, 1.165) is 5.57 Å². The second-order valence-corrected chi connectivity index (χ2v) is 30.7. The first-order valence-corrected chi connectivity index (χ1v) is 33.1. The minimum Gasteiger partial charge on any atom is -0.432 e. The van der Waals surface area contributed by atoms with Crippen LogP contribution < -0.4 is 0 Å². The lowest BCUT2D eigenvalue weighted by Gasteiger charge is -2.72. The molecule has 0 radical (unpaired) electrons. The normalized spacial score (nSPS) is 56.1. The fourth-order valence-electron chi connectivity index (χ4n) is 18.8. The summed E-state index contributed by atoms with van der Waals surface area (Å²) < 4.78 is 71.5. The Morgan fingerprint density at radius 1 is 0.500 bits per heavy atom. The molecule has 31 heteroatoms. The number of ether oxygens (including phenoxy) is 12. The number of rotatable bonds is 14. The Kier molecular flexibility index (Phi) is 21.1. The highest BCUT2D eigenvalue weighted by Crippen LogP contribution is 2.76. The standard InChI is InChI=1S/C63H102O31/c1-23-34(70)38(74)42(78)53(86-23)91-47-32(89-51-41(77)35(71)29(68)19-83-51)21-85-52(45(47)81)90-46-24(2)87-54(44(80)40(46)76)92-48-36(72)30(69)20-84-56(48)94-57(82)63-13-11-58(3,4)15-26(63)25-9-10-33-59(5)16-28(67)50(93-55-43(79)39(75)37(73)31(18-64)88-55)60(6,22-65)49(59)27(66)17-62(33,8)61(25,7)12-14-63/h9,23-24,26-56,64-81H,10-22H2,1-8H3/t23-,24-,26+,27+,28-,29+,30-,31+,32+,33+,34-,35-,36-,37+,38+,39-,40-,41+,42+,43+,44+,45+,46-,47-,48+,49+,50-,51-,52-,53-,54-,55-,56-,59+,60-,61+,62+,63-/m0/s1. The van der Waals surface area contributed by atoms with Gasteiger partial charge in [-0.05, 0) is 98.7 Å². The second-order valence-electron chi connectivity index (χ2n) is 30.7. The zero-order valence-electron chi connectivity index (χ0n) is 54.2. The topological polar surface area (TPSA) is 492 Å². The summed E-state index contributed by atoms with van der Waals surface area (Å²) >= 11 is 0. The Morgan fingerprint density at radius 2 is 1.05 bits per heavy atom. The predicted octanol–water partition coefficient (Wildman–Crippen LogP) is -5.50. The van der Waals surface area contributed by atoms with Crippen molar-refractivity contribution >= 4 is 5.97 Å². The lowest BCUT2D eigenvalue weighted by atomic mass is 9.33. The van der Waals surface area contributed by atoms with Gasteiger partial charge in [0, 0.05) is 11.3 Å². The van der Waals surface area contributed by atoms with Gasteiger partial charge in [-0.3, -0.25) is 4.79 Å². The van der Waals surface area contributed by atoms with Crippen LogP contribution in [-0.2, 0) is 61.6 Å². The minimum absolute atomic E-state index is 0.0866. The number of aliphatic hydroxyl groups is 18. The first-order chi connectivity index (χ1) is 44.0. The highest BCUT2D eigenvalue weighted by molar-refractivity contribution is 5.79. The smallest absolute Gasteiger partial charge is 0.315 e. The van der Waals surface area contributed by atoms with Crippen LogP contribution in [0, 0.1) is 50.2 Å². The molecule has 11 aliphatic rings. The van der Waals surface area contributed by atoms with Gasteiger partial charge in [0.1, 0.15) is 110 Å². The molecule has 0 spiro atoms. The average Bonchev–Trinajstić information content (AvgIpc) is 0.669. The Morgan fingerprint density at radius 3 is 1.71 bits per heavy atom. The maximum Gasteiger partial charge on any atom is 0.315 e. The molecule has 94 heavy (non-hydrogen) atoms. The monoisotopic (exact) mass is 1350 g/mol. The van der Waals surface area contributed by atoms with Gasteiger partial charge < -0.3 is 149 Å². The van der Waals surface area contributed by atoms with Gasteiger partial charge in [0.05, 0.1) is 69.0 Å². The molecule has 0 unspecified atom stereocenters. The van der Waals surface area contributed by atoms with Crippen molar-refractivity contribution in [1.29, 1.82) is 0 Å². The summed E-state index contributed by atoms with van der Waals surface area (Å²) in [6, 6.07) is 0. The summed E-state index contributed by atoms with van der Waals surface area (Å²) in [6.45, 7) is 12.3. The van der Waals surface area contributed by atoms with Crippen molar-refractivity contribution in [2.24, 2.45) is 50.2 Å². The number of hydrogen-bond donors (Lipinski definition) is 18. The maximum absolute atomic E-state index is 15.5. The number of hydrogen-bond acceptors (Lipinski definition) is 31. The fraction of sp³-hybridized carbons (Fsp3) is 0.952. The number of carbonyl (C=O) groups excluding carboxylic acids is 1. The molecule has 540 valence electrons. The molecule has 0 bridgehead atoms. The lowest BCUT2D eigenvalue weighted by molar-refractivity contribution is -0.386. The molecule has 31 nitrogen and oxygen atoms in total. The van der Waals surface area contributed by atoms with Crippen LogP contribution in [-0.4, -0.2) is 315 Å². The van der Waals surface area contributed by atoms with E-state index in [1.807, 2.05) is 6.92 Å². The average molecular weight is 1360 g/mol. The van der Waals surface area contributed by atoms with Crippen molar-refractivity contribution in [1.82, 2.24) is 0 Å². The van der Waals surface area contributed by atoms with Crippen LogP contribution in [0.3, 0.4) is 0 Å². The first-order valence-electron chi connectivity index (χ1n) is 33.1. The lowest BCUT2D eigenvalue weighted by Crippen LogP contribution is -2.72. The van der Waals surface area contributed by atoms with Crippen LogP contribution in [0.5, 0.6) is 0 Å². The number of allylic oxidation sites excluding steroid dienone is 2. The van der Waals surface area contributed by atoms with Crippen molar-refractivity contribution in [3.8, 4) is 0 Å². The van der Waals surface area contributed by atoms with Crippen LogP contribution in [0.15, 0.2) is 11.6 Å². The van der Waals surface area contributed by atoms with Gasteiger partial charge in [-0.2, -0.15) is 0 Å². The molecule has 10 fully saturated rings. The third kappa shape index (κ3) is 12.3. The van der Waals surface area contributed by atoms with Gasteiger partial charge in [0.25, 0.3) is 0 Å². The SMILES string of the molecule is C[C@@H]1O[C@@H](O[C@@H]2[C@@H](O)[C@H](O[C@@H]3[C@@H](O)[C@@H](O)[C@H](O[C@H]4[C@H](OC(=O)[C@]56CCC(C)(C)C[C@@H]5C5=CC[C@@H]7[C@@]8(C)C[C@H](O)[C@H](O[C@@H]9O[C@H](CO)[C@@H](O)[C@H](O)[C@H]9O)[C@@](C)(CO)[C@@H]8[C@H](O)C[C@@]7(C)[C@]5(C)CC6)OC[C@H](O)[C@@H]4O)O[C@H]3C)OC[C@H]2O[C@@H]2OC[C@@H](O)[C@H](O)[C@H]2O)[C@H](O)[C@H](O)[C@H]1O. The first kappa shape index (κ1) is 73.3. The molecule has 0 aromatic heterocycles. The van der Waals surface area contributed by atoms with Crippen molar-refractivity contribution in [3.63, 3.8) is 0 Å². The fourth-order valence-corrected chi connectivity index (χ4v) is 18.8. The van der Waals surface area contributed by atoms with E-state index in [1.165, 1.54) is 13.8 Å². The van der Waals surface area contributed by atoms with Crippen LogP contribution in [0.1, 0.15) is 107 Å². The molecular formula is C63H102O31. The Bertz CT molecular complexity index is 2660. The number of aliphatic hydroxyl groups excluding tert-OH is 18. The van der Waals surface area contributed by atoms with Gasteiger partial charge in [0.15, 0.2) is 37.6 Å². The van der Waals surface area contributed by atoms with Crippen LogP contribution in [0.2, 0.25) is 0 Å². The molecule has 0 amide bonds. The predicted molar refractivity (Wildman–Crippen MR) is 311 cm³/mol. The summed E-state index contributed by atoms with van der Waals surface area (Å²) in [6.07, 6.45) is -43.4. The zero-order valence-corrected chi connectivity index (χ0v) is 54.2. The van der Waals surface area contributed by atoms with Crippen molar-refractivity contribution in [3.05, 3.63) is 11.6 Å². The van der Waals surface area contributed by atoms with Crippen molar-refractivity contribution in [2.45, 2.75) is 291 Å². The van der Waals surface area contributed by atoms with Gasteiger partial charge in [0.2, 0.25) is 6.29 Å². The molecule has 11 rings (SSSR count). The number of carbonyl (C=O) groups is 1. The maximum atomic E-state index is 15.5. The molecule has 6 saturated heterocycles. The van der Waals surface area contributed by atoms with E-state index < -0.39 is 262 Å². The van der Waals surface area contributed by atoms with Crippen LogP contribution >= 0.6 is 0 Å². The molecule has 6 heterocycles. The van der Waals surface area contributed by atoms with Gasteiger partial charge in [-0.25, -0.2) is 0 Å². The minimum atomic E-state index is -2.03. The van der Waals surface area contributed by atoms with Gasteiger partial charge in [-0.1, -0.05) is 53.2 Å². The zero-order chi connectivity index (χ0) is 68.6. The van der Waals surface area contributed by atoms with E-state index in [9.17, 15) is 91.9 Å². The molecule has 38 atom stereocenters. The van der Waals surface area contributed by atoms with E-state index in [0.29, 0.717) is 38.5 Å². The highest BCUT2D eigenvalue weighted by Gasteiger charge is 2.74. The van der Waals surface area contributed by atoms with E-state index in [1.54, 1.807) is 6.92 Å². The van der Waals surface area contributed by atoms with Crippen molar-refractivity contribution in [2.75, 3.05) is 33.0 Å². The quantitative estimate of drug-likeness (QED) is 0.0438. The van der Waals surface area contributed by atoms with Gasteiger partial charge in [-0.15, -0.1) is 0 Å². The van der Waals surface area contributed by atoms with Crippen LogP contribution in [0.4, 0.5) is 0 Å². The Hall–Kier alpha value is -1.95. The molecule has 5 aliphatic carbocycles. The van der Waals surface area contributed by atoms with E-state index in [4.69, 9.17) is 56.8 Å². The number of fused-ring (bicyclic) bond motifs is 7. The molecular weight excluding hydrogens is 1250 g/mol. The molecule has 18 N–H and O–H groups in total. The molecule has 4 saturated carbocycles. The second kappa shape index (κ2) is 27.1. The summed E-state index contributed by atoms with van der Waals surface area (Å²) in [4.78, 5) is 15.5. The summed E-state index contributed by atoms with van der Waals surface area (Å²) in [7, 11) is 0. The summed E-state index contributed by atoms with van der Waals surface area (Å²) in [5, 5.41) is 199. The van der Waals surface area contributed by atoms with Crippen molar-refractivity contribution < 1.29 is 154 Å². The third-order valence-electron chi connectivity index (χ3n) is 24.4. The highest BCUT2D eigenvalue weighted by atomic mass is 16.8. The summed E-state index contributed by atoms with van der Waals surface area (Å²) in [5.74, 6) is -2.01. The Balaban J connectivity index is 0.794. The van der Waals surface area contributed by atoms with E-state index >= 15 is 4.79 Å². The van der Waals surface area contributed by atoms with Crippen LogP contribution in [0.25, 0.3) is 0 Å². The van der Waals surface area contributed by atoms with Gasteiger partial charge >= 0.3 is 5.97 Å². The Labute approximate surface area is 543 Å². The third-order valence-corrected chi connectivity index (χ3v) is 24.4.